The molecule has 0 spiro atoms. The van der Waals surface area contributed by atoms with Crippen LogP contribution in [0.3, 0.4) is 0 Å². The Morgan fingerprint density at radius 1 is 1.13 bits per heavy atom. The number of thiazole rings is 1. The number of fused-ring (bicyclic) bond motifs is 3. The van der Waals surface area contributed by atoms with E-state index < -0.39 is 28.5 Å². The number of carbonyl (C=O) groups excluding carboxylic acids is 3. The number of phenolic OH excluding ortho intramolecular Hbond substituents is 2. The molecule has 1 aromatic heterocycles. The molecule has 0 fully saturated rings. The van der Waals surface area contributed by atoms with Crippen LogP contribution >= 0.6 is 11.3 Å². The molecule has 0 radical (unpaired) electrons. The van der Waals surface area contributed by atoms with Gasteiger partial charge in [0.2, 0.25) is 0 Å². The van der Waals surface area contributed by atoms with Gasteiger partial charge in [-0.2, -0.15) is 0 Å². The number of allylic oxidation sites excluding steroid dienone is 4. The maximum absolute atomic E-state index is 13.9. The largest absolute Gasteiger partial charge is 0.507 e. The van der Waals surface area contributed by atoms with Gasteiger partial charge in [0.15, 0.2) is 17.3 Å². The van der Waals surface area contributed by atoms with Crippen LogP contribution in [0.25, 0.3) is 11.3 Å². The first-order valence-corrected chi connectivity index (χ1v) is 13.0. The lowest BCUT2D eigenvalue weighted by Gasteiger charge is -2.29. The smallest absolute Gasteiger partial charge is 0.194 e. The molecule has 9 heteroatoms. The number of nitrogens with zero attached hydrogens (tertiary/aromatic N) is 1. The fraction of sp³-hybridized carbons (Fsp3) is 0.241. The van der Waals surface area contributed by atoms with Crippen molar-refractivity contribution in [1.29, 1.82) is 0 Å². The van der Waals surface area contributed by atoms with Crippen LogP contribution in [0.2, 0.25) is 0 Å². The van der Waals surface area contributed by atoms with Gasteiger partial charge in [-0.1, -0.05) is 30.3 Å². The Bertz CT molecular complexity index is 1580. The zero-order valence-electron chi connectivity index (χ0n) is 21.3. The molecular weight excluding hydrogens is 504 g/mol. The molecule has 5 rings (SSSR count). The molecule has 0 amide bonds. The summed E-state index contributed by atoms with van der Waals surface area (Å²) in [5.74, 6) is -2.43. The normalized spacial score (nSPS) is 19.4. The van der Waals surface area contributed by atoms with Crippen molar-refractivity contribution in [3.8, 4) is 28.5 Å². The zero-order chi connectivity index (χ0) is 27.4. The third-order valence-electron chi connectivity index (χ3n) is 7.11. The first kappa shape index (κ1) is 25.4. The van der Waals surface area contributed by atoms with Crippen molar-refractivity contribution in [2.24, 2.45) is 0 Å². The number of aromatic nitrogens is 1. The molecular formula is C29H26N2O6S. The number of phenols is 2. The summed E-state index contributed by atoms with van der Waals surface area (Å²) in [6.07, 6.45) is 1.81. The molecule has 1 aliphatic heterocycles. The van der Waals surface area contributed by atoms with Gasteiger partial charge in [-0.05, 0) is 27.7 Å². The second kappa shape index (κ2) is 9.25. The van der Waals surface area contributed by atoms with E-state index in [4.69, 9.17) is 4.74 Å². The quantitative estimate of drug-likeness (QED) is 0.241. The van der Waals surface area contributed by atoms with Crippen molar-refractivity contribution in [2.75, 3.05) is 6.54 Å². The summed E-state index contributed by atoms with van der Waals surface area (Å²) in [6, 6.07) is 9.87. The Labute approximate surface area is 223 Å². The fourth-order valence-electron chi connectivity index (χ4n) is 4.97. The third-order valence-corrected chi connectivity index (χ3v) is 8.02. The number of aromatic hydroxyl groups is 2. The number of Topliss-reactive ketones (excluding diaryl/α,β-unsaturated/α-hetero) is 2. The van der Waals surface area contributed by atoms with E-state index >= 15 is 0 Å². The van der Waals surface area contributed by atoms with Gasteiger partial charge in [0, 0.05) is 41.2 Å². The molecule has 0 saturated heterocycles. The van der Waals surface area contributed by atoms with Crippen molar-refractivity contribution >= 4 is 28.7 Å². The maximum atomic E-state index is 13.9. The van der Waals surface area contributed by atoms with E-state index in [0.29, 0.717) is 18.7 Å². The number of ketones is 3. The van der Waals surface area contributed by atoms with Crippen molar-refractivity contribution < 1.29 is 29.3 Å². The lowest BCUT2D eigenvalue weighted by atomic mass is 9.70. The van der Waals surface area contributed by atoms with Crippen molar-refractivity contribution in [3.63, 3.8) is 0 Å². The van der Waals surface area contributed by atoms with E-state index in [1.807, 2.05) is 35.7 Å². The summed E-state index contributed by atoms with van der Waals surface area (Å²) >= 11 is 1.54. The second-order valence-corrected chi connectivity index (χ2v) is 10.5. The third kappa shape index (κ3) is 3.81. The highest BCUT2D eigenvalue weighted by Crippen LogP contribution is 2.57. The molecule has 0 unspecified atom stereocenters. The van der Waals surface area contributed by atoms with Gasteiger partial charge < -0.3 is 20.3 Å². The van der Waals surface area contributed by atoms with Crippen LogP contribution in [-0.4, -0.2) is 39.1 Å². The molecule has 0 bridgehead atoms. The molecule has 2 heterocycles. The molecule has 2 aromatic carbocycles. The Kier molecular flexibility index (Phi) is 6.19. The number of hydrogen-bond acceptors (Lipinski definition) is 9. The minimum atomic E-state index is -1.53. The second-order valence-electron chi connectivity index (χ2n) is 9.56. The topological polar surface area (TPSA) is 126 Å². The number of benzene rings is 2. The predicted molar refractivity (Wildman–Crippen MR) is 143 cm³/mol. The van der Waals surface area contributed by atoms with Crippen LogP contribution in [-0.2, 0) is 21.4 Å². The van der Waals surface area contributed by atoms with Gasteiger partial charge in [0.25, 0.3) is 0 Å². The van der Waals surface area contributed by atoms with Crippen molar-refractivity contribution in [3.05, 3.63) is 80.5 Å². The molecule has 2 aliphatic rings. The lowest BCUT2D eigenvalue weighted by Crippen LogP contribution is -2.41. The van der Waals surface area contributed by atoms with Gasteiger partial charge in [0.05, 0.1) is 21.8 Å². The maximum Gasteiger partial charge on any atom is 0.194 e. The van der Waals surface area contributed by atoms with Crippen LogP contribution in [0, 0.1) is 6.92 Å². The molecule has 1 atom stereocenters. The molecule has 194 valence electrons. The average Bonchev–Trinajstić information content (AvgIpc) is 3.46. The summed E-state index contributed by atoms with van der Waals surface area (Å²) in [5, 5.41) is 27.5. The van der Waals surface area contributed by atoms with E-state index in [2.05, 4.69) is 10.3 Å². The standard InChI is InChI=1S/C29H26N2O6S/c1-14-25(34)23(16(3)32)27-24(26(14)35)29(4)20(37-27)12-19(33)22(28(29)36)15(2)30-11-10-21-31-18(13-38-21)17-8-6-5-7-9-17/h5-9,12-13,30,34-35H,10-11H2,1-4H3/b22-15+/t29-/m1/s1. The number of carbonyl (C=O) groups is 3. The first-order valence-electron chi connectivity index (χ1n) is 12.1. The Morgan fingerprint density at radius 3 is 2.53 bits per heavy atom. The Morgan fingerprint density at radius 2 is 1.84 bits per heavy atom. The molecule has 8 nitrogen and oxygen atoms in total. The number of ether oxygens (including phenoxy) is 1. The van der Waals surface area contributed by atoms with Gasteiger partial charge in [-0.3, -0.25) is 14.4 Å². The number of hydrogen-bond donors (Lipinski definition) is 3. The van der Waals surface area contributed by atoms with Crippen LogP contribution in [0.15, 0.2) is 58.8 Å². The molecule has 0 saturated carbocycles. The highest BCUT2D eigenvalue weighted by atomic mass is 32.1. The fourth-order valence-corrected chi connectivity index (χ4v) is 5.78. The van der Waals surface area contributed by atoms with Gasteiger partial charge in [-0.25, -0.2) is 4.98 Å². The van der Waals surface area contributed by atoms with Gasteiger partial charge in [-0.15, -0.1) is 11.3 Å². The van der Waals surface area contributed by atoms with Crippen molar-refractivity contribution in [2.45, 2.75) is 39.5 Å². The zero-order valence-corrected chi connectivity index (χ0v) is 22.2. The van der Waals surface area contributed by atoms with Crippen LogP contribution < -0.4 is 10.1 Å². The SMILES string of the molecule is CC(=O)c1c(O)c(C)c(O)c2c1OC1=CC(=O)/C(=C(/C)NCCc3nc(-c4ccccc4)cs3)C(=O)[C@]12C. The first-order chi connectivity index (χ1) is 18.1. The molecule has 3 N–H and O–H groups in total. The number of nitrogens with one attached hydrogen (secondary N) is 1. The van der Waals surface area contributed by atoms with E-state index in [-0.39, 0.29) is 39.5 Å². The average molecular weight is 531 g/mol. The summed E-state index contributed by atoms with van der Waals surface area (Å²) in [5.41, 5.74) is 0.744. The Hall–Kier alpha value is -4.24. The monoisotopic (exact) mass is 530 g/mol. The molecule has 3 aromatic rings. The summed E-state index contributed by atoms with van der Waals surface area (Å²) < 4.78 is 5.80. The van der Waals surface area contributed by atoms with E-state index in [0.717, 1.165) is 16.3 Å². The summed E-state index contributed by atoms with van der Waals surface area (Å²) in [6.45, 7) is 6.36. The van der Waals surface area contributed by atoms with Crippen LogP contribution in [0.5, 0.6) is 17.2 Å². The van der Waals surface area contributed by atoms with Crippen LogP contribution in [0.1, 0.15) is 47.3 Å². The minimum Gasteiger partial charge on any atom is -0.507 e. The van der Waals surface area contributed by atoms with Gasteiger partial charge >= 0.3 is 0 Å². The van der Waals surface area contributed by atoms with E-state index in [9.17, 15) is 24.6 Å². The van der Waals surface area contributed by atoms with E-state index in [1.54, 1.807) is 25.2 Å². The van der Waals surface area contributed by atoms with E-state index in [1.165, 1.54) is 19.9 Å². The van der Waals surface area contributed by atoms with Gasteiger partial charge in [0.1, 0.15) is 34.0 Å². The Balaban J connectivity index is 1.43. The molecule has 38 heavy (non-hydrogen) atoms. The highest BCUT2D eigenvalue weighted by molar-refractivity contribution is 7.09. The number of rotatable bonds is 6. The molecule has 1 aliphatic carbocycles. The van der Waals surface area contributed by atoms with Crippen LogP contribution in [0.4, 0.5) is 0 Å². The van der Waals surface area contributed by atoms with Crippen molar-refractivity contribution in [1.82, 2.24) is 10.3 Å². The summed E-state index contributed by atoms with van der Waals surface area (Å²) in [4.78, 5) is 43.9. The summed E-state index contributed by atoms with van der Waals surface area (Å²) in [7, 11) is 0. The highest BCUT2D eigenvalue weighted by Gasteiger charge is 2.56. The predicted octanol–water partition coefficient (Wildman–Crippen LogP) is 4.52. The minimum absolute atomic E-state index is 0.0121. The lowest BCUT2D eigenvalue weighted by molar-refractivity contribution is -0.123.